The lowest BCUT2D eigenvalue weighted by Crippen LogP contribution is -2.32. The van der Waals surface area contributed by atoms with Crippen LogP contribution in [-0.4, -0.2) is 15.9 Å². The Morgan fingerprint density at radius 2 is 1.83 bits per heavy atom. The van der Waals surface area contributed by atoms with Crippen LogP contribution >= 0.6 is 0 Å². The molecular weight excluding hydrogens is 384 g/mol. The minimum atomic E-state index is -0.814. The average molecular weight is 403 g/mol. The molecule has 4 rings (SSSR count). The van der Waals surface area contributed by atoms with Crippen LogP contribution < -0.4 is 4.90 Å². The van der Waals surface area contributed by atoms with Gasteiger partial charge in [0, 0.05) is 23.3 Å². The maximum atomic E-state index is 14.7. The third-order valence-electron chi connectivity index (χ3n) is 4.81. The molecule has 0 saturated carbocycles. The van der Waals surface area contributed by atoms with Crippen molar-refractivity contribution in [2.45, 2.75) is 20.4 Å². The van der Waals surface area contributed by atoms with Gasteiger partial charge < -0.3 is 0 Å². The molecule has 1 amide bonds. The Morgan fingerprint density at radius 3 is 2.57 bits per heavy atom. The first kappa shape index (κ1) is 19.6. The fourth-order valence-electron chi connectivity index (χ4n) is 3.41. The summed E-state index contributed by atoms with van der Waals surface area (Å²) in [6.07, 6.45) is 1.61. The lowest BCUT2D eigenvalue weighted by molar-refractivity contribution is 0.0985. The molecular formula is C24H19F2N3O. The van der Waals surface area contributed by atoms with E-state index in [0.29, 0.717) is 27.9 Å². The summed E-state index contributed by atoms with van der Waals surface area (Å²) in [6, 6.07) is 15.8. The van der Waals surface area contributed by atoms with Crippen molar-refractivity contribution < 1.29 is 13.6 Å². The lowest BCUT2D eigenvalue weighted by atomic mass is 10.0. The molecule has 0 atom stereocenters. The van der Waals surface area contributed by atoms with E-state index in [-0.39, 0.29) is 12.2 Å². The van der Waals surface area contributed by atoms with Gasteiger partial charge in [-0.3, -0.25) is 19.7 Å². The molecule has 0 spiro atoms. The molecule has 4 aromatic rings. The molecule has 0 saturated heterocycles. The number of rotatable bonds is 4. The summed E-state index contributed by atoms with van der Waals surface area (Å²) in [5.74, 6) is -1.93. The normalized spacial score (nSPS) is 10.9. The monoisotopic (exact) mass is 403 g/mol. The standard InChI is InChI=1S/C24H19F2N3O/c1-15-6-8-22-19(11-15)20(12-16(2)28-22)24(30)29(14-18-5-3-4-10-27-18)23-9-7-17(25)13-21(23)26/h3-13H,14H2,1-2H3. The second-order valence-electron chi connectivity index (χ2n) is 7.14. The van der Waals surface area contributed by atoms with Crippen LogP contribution in [-0.2, 0) is 6.54 Å². The number of amides is 1. The fourth-order valence-corrected chi connectivity index (χ4v) is 3.41. The highest BCUT2D eigenvalue weighted by Gasteiger charge is 2.24. The van der Waals surface area contributed by atoms with Crippen molar-refractivity contribution in [3.05, 3.63) is 101 Å². The molecule has 0 aliphatic carbocycles. The number of aromatic nitrogens is 2. The Labute approximate surface area is 172 Å². The Morgan fingerprint density at radius 1 is 1.00 bits per heavy atom. The number of aryl methyl sites for hydroxylation is 2. The summed E-state index contributed by atoms with van der Waals surface area (Å²) in [5, 5.41) is 0.680. The van der Waals surface area contributed by atoms with Crippen LogP contribution in [0.4, 0.5) is 14.5 Å². The fraction of sp³-hybridized carbons (Fsp3) is 0.125. The second kappa shape index (κ2) is 7.99. The van der Waals surface area contributed by atoms with Crippen LogP contribution in [0.25, 0.3) is 10.9 Å². The van der Waals surface area contributed by atoms with E-state index in [2.05, 4.69) is 9.97 Å². The topological polar surface area (TPSA) is 46.1 Å². The number of fused-ring (bicyclic) bond motifs is 1. The van der Waals surface area contributed by atoms with Crippen molar-refractivity contribution in [3.8, 4) is 0 Å². The summed E-state index contributed by atoms with van der Waals surface area (Å²) >= 11 is 0. The zero-order valence-electron chi connectivity index (χ0n) is 16.6. The van der Waals surface area contributed by atoms with Gasteiger partial charge in [-0.1, -0.05) is 17.7 Å². The zero-order valence-corrected chi connectivity index (χ0v) is 16.6. The molecule has 0 unspecified atom stereocenters. The van der Waals surface area contributed by atoms with Gasteiger partial charge >= 0.3 is 0 Å². The van der Waals surface area contributed by atoms with Gasteiger partial charge in [0.1, 0.15) is 11.6 Å². The molecule has 0 aliphatic rings. The first-order valence-electron chi connectivity index (χ1n) is 9.47. The zero-order chi connectivity index (χ0) is 21.3. The van der Waals surface area contributed by atoms with Crippen molar-refractivity contribution in [1.82, 2.24) is 9.97 Å². The minimum absolute atomic E-state index is 0.0117. The van der Waals surface area contributed by atoms with E-state index in [1.54, 1.807) is 37.4 Å². The average Bonchev–Trinajstić information content (AvgIpc) is 2.72. The van der Waals surface area contributed by atoms with Crippen LogP contribution in [0.5, 0.6) is 0 Å². The number of hydrogen-bond acceptors (Lipinski definition) is 3. The molecule has 0 radical (unpaired) electrons. The van der Waals surface area contributed by atoms with Crippen molar-refractivity contribution in [2.75, 3.05) is 4.90 Å². The molecule has 150 valence electrons. The van der Waals surface area contributed by atoms with Crippen LogP contribution in [0.1, 0.15) is 27.3 Å². The Kier molecular flexibility index (Phi) is 5.23. The van der Waals surface area contributed by atoms with Crippen molar-refractivity contribution in [2.24, 2.45) is 0 Å². The number of anilines is 1. The molecule has 30 heavy (non-hydrogen) atoms. The molecule has 2 aromatic carbocycles. The van der Waals surface area contributed by atoms with Crippen molar-refractivity contribution in [1.29, 1.82) is 0 Å². The van der Waals surface area contributed by atoms with E-state index in [0.717, 1.165) is 17.7 Å². The Balaban J connectivity index is 1.88. The predicted molar refractivity (Wildman–Crippen MR) is 112 cm³/mol. The molecule has 6 heteroatoms. The molecule has 4 nitrogen and oxygen atoms in total. The molecule has 0 bridgehead atoms. The number of carbonyl (C=O) groups excluding carboxylic acids is 1. The van der Waals surface area contributed by atoms with Gasteiger partial charge in [0.2, 0.25) is 0 Å². The number of halogens is 2. The quantitative estimate of drug-likeness (QED) is 0.460. The molecule has 2 aromatic heterocycles. The van der Waals surface area contributed by atoms with Gasteiger partial charge in [0.25, 0.3) is 5.91 Å². The van der Waals surface area contributed by atoms with E-state index in [9.17, 15) is 13.6 Å². The van der Waals surface area contributed by atoms with E-state index in [1.165, 1.54) is 11.0 Å². The smallest absolute Gasteiger partial charge is 0.259 e. The highest BCUT2D eigenvalue weighted by molar-refractivity contribution is 6.13. The Bertz CT molecular complexity index is 1240. The Hall–Kier alpha value is -3.67. The van der Waals surface area contributed by atoms with Gasteiger partial charge in [-0.2, -0.15) is 0 Å². The summed E-state index contributed by atoms with van der Waals surface area (Å²) in [7, 11) is 0. The second-order valence-corrected chi connectivity index (χ2v) is 7.14. The first-order chi connectivity index (χ1) is 14.4. The number of benzene rings is 2. The van der Waals surface area contributed by atoms with Crippen LogP contribution in [0.2, 0.25) is 0 Å². The van der Waals surface area contributed by atoms with Gasteiger partial charge in [0.05, 0.1) is 29.0 Å². The van der Waals surface area contributed by atoms with Gasteiger partial charge in [-0.05, 0) is 56.3 Å². The number of carbonyl (C=O) groups is 1. The number of pyridine rings is 2. The summed E-state index contributed by atoms with van der Waals surface area (Å²) in [4.78, 5) is 23.7. The van der Waals surface area contributed by atoms with Crippen LogP contribution in [0.3, 0.4) is 0 Å². The highest BCUT2D eigenvalue weighted by atomic mass is 19.1. The summed E-state index contributed by atoms with van der Waals surface area (Å²) in [6.45, 7) is 3.77. The largest absolute Gasteiger partial charge is 0.299 e. The van der Waals surface area contributed by atoms with Gasteiger partial charge in [-0.15, -0.1) is 0 Å². The summed E-state index contributed by atoms with van der Waals surface area (Å²) < 4.78 is 28.2. The number of hydrogen-bond donors (Lipinski definition) is 0. The van der Waals surface area contributed by atoms with Crippen molar-refractivity contribution in [3.63, 3.8) is 0 Å². The molecule has 2 heterocycles. The third-order valence-corrected chi connectivity index (χ3v) is 4.81. The highest BCUT2D eigenvalue weighted by Crippen LogP contribution is 2.27. The van der Waals surface area contributed by atoms with Gasteiger partial charge in [-0.25, -0.2) is 8.78 Å². The molecule has 0 aliphatic heterocycles. The van der Waals surface area contributed by atoms with Gasteiger partial charge in [0.15, 0.2) is 0 Å². The molecule has 0 N–H and O–H groups in total. The summed E-state index contributed by atoms with van der Waals surface area (Å²) in [5.41, 5.74) is 3.31. The first-order valence-corrected chi connectivity index (χ1v) is 9.47. The van der Waals surface area contributed by atoms with E-state index in [4.69, 9.17) is 0 Å². The minimum Gasteiger partial charge on any atom is -0.299 e. The van der Waals surface area contributed by atoms with Crippen LogP contribution in [0.15, 0.2) is 66.9 Å². The van der Waals surface area contributed by atoms with E-state index < -0.39 is 17.5 Å². The predicted octanol–water partition coefficient (Wildman–Crippen LogP) is 5.37. The van der Waals surface area contributed by atoms with E-state index >= 15 is 0 Å². The lowest BCUT2D eigenvalue weighted by Gasteiger charge is -2.24. The SMILES string of the molecule is Cc1ccc2nc(C)cc(C(=O)N(Cc3ccccn3)c3ccc(F)cc3F)c2c1. The number of nitrogens with zero attached hydrogens (tertiary/aromatic N) is 3. The van der Waals surface area contributed by atoms with Crippen molar-refractivity contribution >= 4 is 22.5 Å². The molecule has 0 fully saturated rings. The maximum absolute atomic E-state index is 14.7. The maximum Gasteiger partial charge on any atom is 0.259 e. The van der Waals surface area contributed by atoms with E-state index in [1.807, 2.05) is 25.1 Å². The van der Waals surface area contributed by atoms with Crippen LogP contribution in [0, 0.1) is 25.5 Å². The third kappa shape index (κ3) is 3.89.